The van der Waals surface area contributed by atoms with E-state index in [-0.39, 0.29) is 18.7 Å². The molecule has 0 fully saturated rings. The van der Waals surface area contributed by atoms with Crippen molar-refractivity contribution in [3.05, 3.63) is 66.0 Å². The predicted octanol–water partition coefficient (Wildman–Crippen LogP) is 3.63. The van der Waals surface area contributed by atoms with E-state index in [0.29, 0.717) is 34.2 Å². The first kappa shape index (κ1) is 20.6. The number of nitrogens with zero attached hydrogens (tertiary/aromatic N) is 3. The second-order valence-electron chi connectivity index (χ2n) is 7.50. The molecule has 1 atom stereocenters. The Morgan fingerprint density at radius 1 is 1.06 bits per heavy atom. The third-order valence-corrected chi connectivity index (χ3v) is 5.57. The first-order valence-corrected chi connectivity index (χ1v) is 10.3. The number of carbonyl (C=O) groups is 1. The molecule has 2 aromatic carbocycles. The van der Waals surface area contributed by atoms with E-state index in [1.54, 1.807) is 24.9 Å². The average Bonchev–Trinajstić information content (AvgIpc) is 3.49. The molecular weight excluding hydrogens is 424 g/mol. The molecule has 9 heteroatoms. The first-order chi connectivity index (χ1) is 16.1. The highest BCUT2D eigenvalue weighted by atomic mass is 16.7. The Bertz CT molecular complexity index is 1350. The van der Waals surface area contributed by atoms with Crippen molar-refractivity contribution < 1.29 is 23.7 Å². The highest BCUT2D eigenvalue weighted by Crippen LogP contribution is 2.36. The molecule has 0 spiro atoms. The Labute approximate surface area is 189 Å². The van der Waals surface area contributed by atoms with E-state index in [2.05, 4.69) is 15.4 Å². The molecule has 1 N–H and O–H groups in total. The SMILES string of the molecule is COc1ccc([C@@H](C)NC(=O)c2cnn3c(-c4ccc5c(c4)OCO5)ccnc23)cc1OC. The lowest BCUT2D eigenvalue weighted by atomic mass is 10.1. The summed E-state index contributed by atoms with van der Waals surface area (Å²) in [6.07, 6.45) is 3.18. The van der Waals surface area contributed by atoms with Crippen molar-refractivity contribution in [2.24, 2.45) is 0 Å². The number of rotatable bonds is 6. The number of carbonyl (C=O) groups excluding carboxylic acids is 1. The van der Waals surface area contributed by atoms with Crippen LogP contribution in [0.1, 0.15) is 28.9 Å². The minimum Gasteiger partial charge on any atom is -0.493 e. The van der Waals surface area contributed by atoms with Gasteiger partial charge in [0.25, 0.3) is 5.91 Å². The van der Waals surface area contributed by atoms with Gasteiger partial charge in [-0.05, 0) is 48.9 Å². The number of methoxy groups -OCH3 is 2. The van der Waals surface area contributed by atoms with E-state index in [1.807, 2.05) is 49.4 Å². The highest BCUT2D eigenvalue weighted by molar-refractivity contribution is 6.00. The number of amides is 1. The van der Waals surface area contributed by atoms with E-state index in [4.69, 9.17) is 18.9 Å². The van der Waals surface area contributed by atoms with Crippen LogP contribution >= 0.6 is 0 Å². The zero-order valence-electron chi connectivity index (χ0n) is 18.4. The number of hydrogen-bond donors (Lipinski definition) is 1. The van der Waals surface area contributed by atoms with Crippen LogP contribution in [0, 0.1) is 0 Å². The topological polar surface area (TPSA) is 96.2 Å². The Balaban J connectivity index is 1.42. The summed E-state index contributed by atoms with van der Waals surface area (Å²) in [4.78, 5) is 17.5. The summed E-state index contributed by atoms with van der Waals surface area (Å²) in [5.74, 6) is 2.33. The molecule has 168 valence electrons. The highest BCUT2D eigenvalue weighted by Gasteiger charge is 2.20. The molecule has 0 unspecified atom stereocenters. The molecule has 5 rings (SSSR count). The van der Waals surface area contributed by atoms with E-state index in [1.165, 1.54) is 6.20 Å². The molecule has 9 nitrogen and oxygen atoms in total. The van der Waals surface area contributed by atoms with Crippen LogP contribution < -0.4 is 24.3 Å². The van der Waals surface area contributed by atoms with Gasteiger partial charge in [-0.2, -0.15) is 5.10 Å². The second kappa shape index (κ2) is 8.34. The zero-order valence-corrected chi connectivity index (χ0v) is 18.4. The van der Waals surface area contributed by atoms with Crippen LogP contribution in [0.15, 0.2) is 54.9 Å². The maximum Gasteiger partial charge on any atom is 0.257 e. The Hall–Kier alpha value is -4.27. The van der Waals surface area contributed by atoms with Gasteiger partial charge in [-0.1, -0.05) is 6.07 Å². The Morgan fingerprint density at radius 2 is 1.88 bits per heavy atom. The fourth-order valence-corrected chi connectivity index (χ4v) is 3.81. The zero-order chi connectivity index (χ0) is 22.9. The monoisotopic (exact) mass is 446 g/mol. The van der Waals surface area contributed by atoms with Crippen molar-refractivity contribution in [3.63, 3.8) is 0 Å². The molecule has 0 saturated heterocycles. The number of fused-ring (bicyclic) bond motifs is 2. The Kier molecular flexibility index (Phi) is 5.21. The van der Waals surface area contributed by atoms with Gasteiger partial charge in [-0.3, -0.25) is 4.79 Å². The van der Waals surface area contributed by atoms with E-state index in [9.17, 15) is 4.79 Å². The maximum atomic E-state index is 13.1. The van der Waals surface area contributed by atoms with Crippen LogP contribution in [0.3, 0.4) is 0 Å². The molecule has 1 amide bonds. The van der Waals surface area contributed by atoms with Gasteiger partial charge >= 0.3 is 0 Å². The summed E-state index contributed by atoms with van der Waals surface area (Å²) < 4.78 is 23.2. The fourth-order valence-electron chi connectivity index (χ4n) is 3.81. The summed E-state index contributed by atoms with van der Waals surface area (Å²) in [5, 5.41) is 7.43. The van der Waals surface area contributed by atoms with Gasteiger partial charge in [0.1, 0.15) is 5.56 Å². The molecule has 1 aliphatic rings. The van der Waals surface area contributed by atoms with Gasteiger partial charge in [-0.15, -0.1) is 0 Å². The van der Waals surface area contributed by atoms with E-state index >= 15 is 0 Å². The molecular formula is C24H22N4O5. The number of benzene rings is 2. The van der Waals surface area contributed by atoms with Crippen LogP contribution in [-0.4, -0.2) is 41.5 Å². The predicted molar refractivity (Wildman–Crippen MR) is 120 cm³/mol. The van der Waals surface area contributed by atoms with Crippen LogP contribution in [0.4, 0.5) is 0 Å². The van der Waals surface area contributed by atoms with E-state index < -0.39 is 0 Å². The van der Waals surface area contributed by atoms with Crippen LogP contribution in [-0.2, 0) is 0 Å². The third kappa shape index (κ3) is 3.67. The average molecular weight is 446 g/mol. The number of ether oxygens (including phenoxy) is 4. The summed E-state index contributed by atoms with van der Waals surface area (Å²) in [6, 6.07) is 12.8. The first-order valence-electron chi connectivity index (χ1n) is 10.3. The lowest BCUT2D eigenvalue weighted by Crippen LogP contribution is -2.26. The summed E-state index contributed by atoms with van der Waals surface area (Å²) in [6.45, 7) is 2.10. The molecule has 0 saturated carbocycles. The lowest BCUT2D eigenvalue weighted by molar-refractivity contribution is 0.0941. The summed E-state index contributed by atoms with van der Waals surface area (Å²) >= 11 is 0. The van der Waals surface area contributed by atoms with Gasteiger partial charge in [0.05, 0.1) is 32.2 Å². The van der Waals surface area contributed by atoms with Crippen molar-refractivity contribution >= 4 is 11.6 Å². The number of nitrogens with one attached hydrogen (secondary N) is 1. The summed E-state index contributed by atoms with van der Waals surface area (Å²) in [5.41, 5.74) is 3.38. The van der Waals surface area contributed by atoms with Crippen LogP contribution in [0.5, 0.6) is 23.0 Å². The van der Waals surface area contributed by atoms with Crippen molar-refractivity contribution in [2.45, 2.75) is 13.0 Å². The second-order valence-corrected chi connectivity index (χ2v) is 7.50. The van der Waals surface area contributed by atoms with Gasteiger partial charge in [0.2, 0.25) is 6.79 Å². The lowest BCUT2D eigenvalue weighted by Gasteiger charge is -2.16. The standard InChI is InChI=1S/C24H22N4O5/c1-14(15-4-6-19(30-2)21(10-15)31-3)27-24(29)17-12-26-28-18(8-9-25-23(17)28)16-5-7-20-22(11-16)33-13-32-20/h4-12,14H,13H2,1-3H3,(H,27,29)/t14-/m1/s1. The maximum absolute atomic E-state index is 13.1. The van der Waals surface area contributed by atoms with Crippen molar-refractivity contribution in [3.8, 4) is 34.3 Å². The Morgan fingerprint density at radius 3 is 2.70 bits per heavy atom. The van der Waals surface area contributed by atoms with Crippen molar-refractivity contribution in [1.29, 1.82) is 0 Å². The summed E-state index contributed by atoms with van der Waals surface area (Å²) in [7, 11) is 3.16. The quantitative estimate of drug-likeness (QED) is 0.483. The number of hydrogen-bond acceptors (Lipinski definition) is 7. The smallest absolute Gasteiger partial charge is 0.257 e. The van der Waals surface area contributed by atoms with Gasteiger partial charge in [0, 0.05) is 11.8 Å². The fraction of sp³-hybridized carbons (Fsp3) is 0.208. The molecule has 0 radical (unpaired) electrons. The molecule has 3 heterocycles. The molecule has 0 aliphatic carbocycles. The minimum absolute atomic E-state index is 0.203. The minimum atomic E-state index is -0.275. The van der Waals surface area contributed by atoms with Gasteiger partial charge in [0.15, 0.2) is 28.6 Å². The number of aromatic nitrogens is 3. The van der Waals surface area contributed by atoms with Crippen molar-refractivity contribution in [2.75, 3.05) is 21.0 Å². The molecule has 1 aliphatic heterocycles. The normalized spacial score (nSPS) is 13.1. The van der Waals surface area contributed by atoms with Gasteiger partial charge in [-0.25, -0.2) is 9.50 Å². The largest absolute Gasteiger partial charge is 0.493 e. The molecule has 33 heavy (non-hydrogen) atoms. The van der Waals surface area contributed by atoms with Crippen molar-refractivity contribution in [1.82, 2.24) is 19.9 Å². The molecule has 4 aromatic rings. The van der Waals surface area contributed by atoms with E-state index in [0.717, 1.165) is 16.8 Å². The molecule has 2 aromatic heterocycles. The van der Waals surface area contributed by atoms with Crippen LogP contribution in [0.25, 0.3) is 16.9 Å². The van der Waals surface area contributed by atoms with Crippen LogP contribution in [0.2, 0.25) is 0 Å². The van der Waals surface area contributed by atoms with Gasteiger partial charge < -0.3 is 24.3 Å². The third-order valence-electron chi connectivity index (χ3n) is 5.57. The molecule has 0 bridgehead atoms.